The Labute approximate surface area is 103 Å². The molecule has 0 bridgehead atoms. The van der Waals surface area contributed by atoms with Crippen molar-refractivity contribution in [2.75, 3.05) is 5.32 Å². The van der Waals surface area contributed by atoms with Gasteiger partial charge in [-0.1, -0.05) is 0 Å². The summed E-state index contributed by atoms with van der Waals surface area (Å²) in [6.45, 7) is 1.66. The molecule has 0 heterocycles. The first kappa shape index (κ1) is 11.9. The van der Waals surface area contributed by atoms with E-state index in [9.17, 15) is 4.39 Å². The third-order valence-electron chi connectivity index (χ3n) is 1.65. The van der Waals surface area contributed by atoms with Crippen LogP contribution in [-0.4, -0.2) is 5.11 Å². The molecule has 3 N–H and O–H groups in total. The van der Waals surface area contributed by atoms with Crippen LogP contribution >= 0.6 is 44.1 Å². The Morgan fingerprint density at radius 3 is 2.64 bits per heavy atom. The van der Waals surface area contributed by atoms with Gasteiger partial charge in [-0.15, -0.1) is 0 Å². The van der Waals surface area contributed by atoms with E-state index in [2.05, 4.69) is 37.2 Å². The fraction of sp³-hybridized carbons (Fsp3) is 0.125. The molecule has 0 fully saturated rings. The maximum Gasteiger partial charge on any atom is 0.168 e. The summed E-state index contributed by atoms with van der Waals surface area (Å²) in [6, 6.07) is 1.36. The number of nitrogens with two attached hydrogens (primary N) is 1. The van der Waals surface area contributed by atoms with Crippen LogP contribution in [0.25, 0.3) is 0 Å². The zero-order valence-electron chi connectivity index (χ0n) is 7.20. The third kappa shape index (κ3) is 2.43. The number of anilines is 1. The number of hydrogen-bond donors (Lipinski definition) is 2. The second-order valence-electron chi connectivity index (χ2n) is 2.64. The lowest BCUT2D eigenvalue weighted by molar-refractivity contribution is 0.616. The Kier molecular flexibility index (Phi) is 3.86. The molecule has 6 heteroatoms. The molecule has 0 aliphatic heterocycles. The van der Waals surface area contributed by atoms with Crippen molar-refractivity contribution in [2.24, 2.45) is 5.73 Å². The number of nitrogens with one attached hydrogen (secondary N) is 1. The second kappa shape index (κ2) is 4.55. The molecular weight excluding hydrogens is 335 g/mol. The summed E-state index contributed by atoms with van der Waals surface area (Å²) in [5.74, 6) is -0.294. The number of halogens is 3. The monoisotopic (exact) mass is 340 g/mol. The van der Waals surface area contributed by atoms with Gasteiger partial charge in [0.15, 0.2) is 5.11 Å². The van der Waals surface area contributed by atoms with Crippen LogP contribution in [0.15, 0.2) is 15.0 Å². The van der Waals surface area contributed by atoms with Gasteiger partial charge in [0.05, 0.1) is 5.69 Å². The molecule has 0 aliphatic carbocycles. The van der Waals surface area contributed by atoms with Crippen molar-refractivity contribution in [1.29, 1.82) is 0 Å². The normalized spacial score (nSPS) is 10.0. The maximum atomic E-state index is 13.2. The molecule has 0 atom stereocenters. The van der Waals surface area contributed by atoms with Crippen LogP contribution in [0.4, 0.5) is 10.1 Å². The van der Waals surface area contributed by atoms with Gasteiger partial charge in [0.1, 0.15) is 5.82 Å². The van der Waals surface area contributed by atoms with Crippen LogP contribution in [-0.2, 0) is 0 Å². The fourth-order valence-electron chi connectivity index (χ4n) is 0.927. The third-order valence-corrected chi connectivity index (χ3v) is 3.37. The Morgan fingerprint density at radius 1 is 1.57 bits per heavy atom. The van der Waals surface area contributed by atoms with Crippen molar-refractivity contribution in [3.05, 3.63) is 26.4 Å². The van der Waals surface area contributed by atoms with E-state index in [1.807, 2.05) is 0 Å². The SMILES string of the molecule is Cc1c(F)cc(Br)c(NC(N)=S)c1Br. The van der Waals surface area contributed by atoms with Crippen molar-refractivity contribution in [2.45, 2.75) is 6.92 Å². The van der Waals surface area contributed by atoms with Crippen LogP contribution in [0.3, 0.4) is 0 Å². The summed E-state index contributed by atoms with van der Waals surface area (Å²) >= 11 is 11.2. The van der Waals surface area contributed by atoms with Gasteiger partial charge in [0, 0.05) is 14.5 Å². The summed E-state index contributed by atoms with van der Waals surface area (Å²) < 4.78 is 14.4. The van der Waals surface area contributed by atoms with Gasteiger partial charge >= 0.3 is 0 Å². The number of thiocarbonyl (C=S) groups is 1. The van der Waals surface area contributed by atoms with E-state index in [1.54, 1.807) is 6.92 Å². The minimum absolute atomic E-state index is 0.136. The van der Waals surface area contributed by atoms with Crippen molar-refractivity contribution in [1.82, 2.24) is 0 Å². The predicted octanol–water partition coefficient (Wildman–Crippen LogP) is 3.31. The Balaban J connectivity index is 3.29. The summed E-state index contributed by atoms with van der Waals surface area (Å²) in [5.41, 5.74) is 6.48. The highest BCUT2D eigenvalue weighted by Crippen LogP contribution is 2.35. The van der Waals surface area contributed by atoms with Gasteiger partial charge < -0.3 is 11.1 Å². The van der Waals surface area contributed by atoms with Gasteiger partial charge in [-0.05, 0) is 57.1 Å². The molecule has 0 radical (unpaired) electrons. The molecular formula is C8H7Br2FN2S. The van der Waals surface area contributed by atoms with Crippen LogP contribution in [0.1, 0.15) is 5.56 Å². The molecule has 0 unspecified atom stereocenters. The predicted molar refractivity (Wildman–Crippen MR) is 66.9 cm³/mol. The van der Waals surface area contributed by atoms with Gasteiger partial charge in [-0.2, -0.15) is 0 Å². The first-order chi connectivity index (χ1) is 6.43. The summed E-state index contributed by atoms with van der Waals surface area (Å²) in [6.07, 6.45) is 0. The van der Waals surface area contributed by atoms with E-state index in [0.717, 1.165) is 0 Å². The zero-order chi connectivity index (χ0) is 10.9. The van der Waals surface area contributed by atoms with Gasteiger partial charge in [0.2, 0.25) is 0 Å². The highest BCUT2D eigenvalue weighted by molar-refractivity contribution is 9.11. The van der Waals surface area contributed by atoms with E-state index in [0.29, 0.717) is 20.2 Å². The van der Waals surface area contributed by atoms with E-state index in [4.69, 9.17) is 18.0 Å². The van der Waals surface area contributed by atoms with E-state index in [1.165, 1.54) is 6.07 Å². The first-order valence-electron chi connectivity index (χ1n) is 3.64. The Hall–Kier alpha value is -0.200. The number of rotatable bonds is 1. The number of hydrogen-bond acceptors (Lipinski definition) is 1. The molecule has 1 aromatic rings. The lowest BCUT2D eigenvalue weighted by atomic mass is 10.2. The molecule has 1 aromatic carbocycles. The largest absolute Gasteiger partial charge is 0.376 e. The molecule has 14 heavy (non-hydrogen) atoms. The minimum Gasteiger partial charge on any atom is -0.376 e. The standard InChI is InChI=1S/C8H7Br2FN2S/c1-3-5(11)2-4(9)7(6(3)10)13-8(12)14/h2H,1H3,(H3,12,13,14). The molecule has 1 rings (SSSR count). The van der Waals surface area contributed by atoms with Crippen LogP contribution in [0.2, 0.25) is 0 Å². The summed E-state index contributed by atoms with van der Waals surface area (Å²) in [4.78, 5) is 0. The topological polar surface area (TPSA) is 38.0 Å². The van der Waals surface area contributed by atoms with Crippen molar-refractivity contribution in [3.63, 3.8) is 0 Å². The quantitative estimate of drug-likeness (QED) is 0.769. The molecule has 76 valence electrons. The van der Waals surface area contributed by atoms with Crippen LogP contribution in [0.5, 0.6) is 0 Å². The highest BCUT2D eigenvalue weighted by atomic mass is 79.9. The Bertz CT molecular complexity index is 395. The zero-order valence-corrected chi connectivity index (χ0v) is 11.2. The molecule has 0 saturated heterocycles. The number of benzene rings is 1. The first-order valence-corrected chi connectivity index (χ1v) is 5.63. The smallest absolute Gasteiger partial charge is 0.168 e. The fourth-order valence-corrected chi connectivity index (χ4v) is 2.30. The van der Waals surface area contributed by atoms with Crippen LogP contribution < -0.4 is 11.1 Å². The maximum absolute atomic E-state index is 13.2. The van der Waals surface area contributed by atoms with Crippen molar-refractivity contribution < 1.29 is 4.39 Å². The van der Waals surface area contributed by atoms with Gasteiger partial charge in [0.25, 0.3) is 0 Å². The molecule has 2 nitrogen and oxygen atoms in total. The van der Waals surface area contributed by atoms with E-state index >= 15 is 0 Å². The lowest BCUT2D eigenvalue weighted by Gasteiger charge is -2.11. The van der Waals surface area contributed by atoms with Crippen molar-refractivity contribution >= 4 is 54.9 Å². The minimum atomic E-state index is -0.294. The second-order valence-corrected chi connectivity index (χ2v) is 4.73. The molecule has 0 saturated carbocycles. The van der Waals surface area contributed by atoms with Crippen molar-refractivity contribution in [3.8, 4) is 0 Å². The molecule has 0 aromatic heterocycles. The van der Waals surface area contributed by atoms with Gasteiger partial charge in [-0.3, -0.25) is 0 Å². The summed E-state index contributed by atoms with van der Waals surface area (Å²) in [7, 11) is 0. The summed E-state index contributed by atoms with van der Waals surface area (Å²) in [5, 5.41) is 2.89. The Morgan fingerprint density at radius 2 is 2.14 bits per heavy atom. The van der Waals surface area contributed by atoms with E-state index in [-0.39, 0.29) is 10.9 Å². The lowest BCUT2D eigenvalue weighted by Crippen LogP contribution is -2.19. The highest BCUT2D eigenvalue weighted by Gasteiger charge is 2.12. The molecule has 0 amide bonds. The van der Waals surface area contributed by atoms with Crippen LogP contribution in [0, 0.1) is 12.7 Å². The average molecular weight is 342 g/mol. The average Bonchev–Trinajstić information content (AvgIpc) is 2.09. The molecule has 0 aliphatic rings. The van der Waals surface area contributed by atoms with Gasteiger partial charge in [-0.25, -0.2) is 4.39 Å². The van der Waals surface area contributed by atoms with E-state index < -0.39 is 0 Å². The molecule has 0 spiro atoms.